The Balaban J connectivity index is 2.11. The number of aromatic nitrogens is 1. The smallest absolute Gasteiger partial charge is 0.238 e. The second-order valence-electron chi connectivity index (χ2n) is 3.89. The maximum Gasteiger partial charge on any atom is 0.238 e. The number of nitriles is 1. The quantitative estimate of drug-likeness (QED) is 0.922. The number of rotatable bonds is 4. The van der Waals surface area contributed by atoms with Crippen molar-refractivity contribution in [1.82, 2.24) is 4.98 Å². The minimum atomic E-state index is -3.50. The third-order valence-electron chi connectivity index (χ3n) is 2.35. The lowest BCUT2D eigenvalue weighted by atomic mass is 10.2. The molecule has 1 aromatic carbocycles. The third kappa shape index (κ3) is 3.79. The number of benzene rings is 1. The molecule has 6 heteroatoms. The highest BCUT2D eigenvalue weighted by atomic mass is 32.2. The van der Waals surface area contributed by atoms with Crippen LogP contribution >= 0.6 is 0 Å². The number of hydrogen-bond donors (Lipinski definition) is 1. The van der Waals surface area contributed by atoms with Gasteiger partial charge in [-0.3, -0.25) is 4.72 Å². The SMILES string of the molecule is N#Cc1ccc(NS(=O)(=O)Cc2ccccc2)nc1. The molecule has 0 radical (unpaired) electrons. The van der Waals surface area contributed by atoms with Crippen molar-refractivity contribution >= 4 is 15.8 Å². The van der Waals surface area contributed by atoms with E-state index >= 15 is 0 Å². The van der Waals surface area contributed by atoms with Crippen LogP contribution in [0.3, 0.4) is 0 Å². The van der Waals surface area contributed by atoms with Gasteiger partial charge < -0.3 is 0 Å². The Morgan fingerprint density at radius 1 is 1.16 bits per heavy atom. The van der Waals surface area contributed by atoms with Gasteiger partial charge in [-0.15, -0.1) is 0 Å². The molecule has 0 bridgehead atoms. The number of sulfonamides is 1. The highest BCUT2D eigenvalue weighted by Gasteiger charge is 2.12. The Labute approximate surface area is 111 Å². The van der Waals surface area contributed by atoms with E-state index in [1.807, 2.05) is 12.1 Å². The number of nitrogens with one attached hydrogen (secondary N) is 1. The summed E-state index contributed by atoms with van der Waals surface area (Å²) >= 11 is 0. The van der Waals surface area contributed by atoms with Crippen molar-refractivity contribution in [3.8, 4) is 6.07 Å². The molecule has 5 nitrogen and oxygen atoms in total. The Kier molecular flexibility index (Phi) is 3.78. The van der Waals surface area contributed by atoms with Gasteiger partial charge in [0.15, 0.2) is 0 Å². The summed E-state index contributed by atoms with van der Waals surface area (Å²) < 4.78 is 26.2. The fourth-order valence-electron chi connectivity index (χ4n) is 1.51. The van der Waals surface area contributed by atoms with Crippen LogP contribution < -0.4 is 4.72 Å². The summed E-state index contributed by atoms with van der Waals surface area (Å²) in [5, 5.41) is 8.63. The molecule has 0 atom stereocenters. The van der Waals surface area contributed by atoms with Crippen molar-refractivity contribution in [2.75, 3.05) is 4.72 Å². The molecule has 0 aliphatic heterocycles. The van der Waals surface area contributed by atoms with E-state index in [4.69, 9.17) is 5.26 Å². The monoisotopic (exact) mass is 273 g/mol. The van der Waals surface area contributed by atoms with Gasteiger partial charge in [-0.05, 0) is 17.7 Å². The van der Waals surface area contributed by atoms with Crippen LogP contribution in [0.25, 0.3) is 0 Å². The lowest BCUT2D eigenvalue weighted by Gasteiger charge is -2.07. The summed E-state index contributed by atoms with van der Waals surface area (Å²) in [7, 11) is -3.50. The van der Waals surface area contributed by atoms with E-state index in [0.717, 1.165) is 0 Å². The first-order valence-electron chi connectivity index (χ1n) is 5.50. The molecule has 0 aliphatic carbocycles. The van der Waals surface area contributed by atoms with Gasteiger partial charge >= 0.3 is 0 Å². The van der Waals surface area contributed by atoms with Gasteiger partial charge in [-0.1, -0.05) is 30.3 Å². The molecule has 1 aromatic heterocycles. The van der Waals surface area contributed by atoms with Gasteiger partial charge in [0.05, 0.1) is 11.3 Å². The van der Waals surface area contributed by atoms with E-state index in [0.29, 0.717) is 11.1 Å². The second kappa shape index (κ2) is 5.50. The number of nitrogens with zero attached hydrogens (tertiary/aromatic N) is 2. The first-order valence-corrected chi connectivity index (χ1v) is 7.15. The van der Waals surface area contributed by atoms with Gasteiger partial charge in [0.1, 0.15) is 11.9 Å². The molecule has 0 saturated heterocycles. The Morgan fingerprint density at radius 2 is 1.89 bits per heavy atom. The van der Waals surface area contributed by atoms with E-state index < -0.39 is 10.0 Å². The maximum absolute atomic E-state index is 11.9. The molecule has 0 fully saturated rings. The van der Waals surface area contributed by atoms with Crippen LogP contribution in [0.4, 0.5) is 5.82 Å². The molecule has 0 amide bonds. The third-order valence-corrected chi connectivity index (χ3v) is 3.59. The zero-order chi connectivity index (χ0) is 13.7. The summed E-state index contributed by atoms with van der Waals surface area (Å²) in [6.07, 6.45) is 1.32. The van der Waals surface area contributed by atoms with Crippen molar-refractivity contribution in [2.24, 2.45) is 0 Å². The van der Waals surface area contributed by atoms with E-state index in [1.165, 1.54) is 18.3 Å². The molecular formula is C13H11N3O2S. The fourth-order valence-corrected chi connectivity index (χ4v) is 2.65. The van der Waals surface area contributed by atoms with E-state index in [9.17, 15) is 8.42 Å². The molecule has 96 valence electrons. The Hall–Kier alpha value is -2.39. The zero-order valence-corrected chi connectivity index (χ0v) is 10.8. The van der Waals surface area contributed by atoms with Gasteiger partial charge in [0.25, 0.3) is 0 Å². The molecule has 0 spiro atoms. The van der Waals surface area contributed by atoms with Crippen molar-refractivity contribution in [3.05, 3.63) is 59.8 Å². The van der Waals surface area contributed by atoms with Crippen LogP contribution in [-0.4, -0.2) is 13.4 Å². The average molecular weight is 273 g/mol. The summed E-state index contributed by atoms with van der Waals surface area (Å²) in [6.45, 7) is 0. The zero-order valence-electron chi connectivity index (χ0n) is 9.95. The Morgan fingerprint density at radius 3 is 2.47 bits per heavy atom. The Bertz CT molecular complexity index is 689. The molecule has 0 aliphatic rings. The first-order chi connectivity index (χ1) is 9.09. The first kappa shape index (κ1) is 13.1. The number of anilines is 1. The van der Waals surface area contributed by atoms with Crippen molar-refractivity contribution in [1.29, 1.82) is 5.26 Å². The minimum absolute atomic E-state index is 0.116. The molecule has 1 heterocycles. The standard InChI is InChI=1S/C13H11N3O2S/c14-8-12-6-7-13(15-9-12)16-19(17,18)10-11-4-2-1-3-5-11/h1-7,9H,10H2,(H,15,16). The normalized spacial score (nSPS) is 10.7. The minimum Gasteiger partial charge on any atom is -0.267 e. The fraction of sp³-hybridized carbons (Fsp3) is 0.0769. The van der Waals surface area contributed by atoms with Gasteiger partial charge in [-0.2, -0.15) is 5.26 Å². The summed E-state index contributed by atoms with van der Waals surface area (Å²) in [4.78, 5) is 3.86. The lowest BCUT2D eigenvalue weighted by molar-refractivity contribution is 0.600. The van der Waals surface area contributed by atoms with Gasteiger partial charge in [0, 0.05) is 6.20 Å². The van der Waals surface area contributed by atoms with Crippen LogP contribution in [0.1, 0.15) is 11.1 Å². The van der Waals surface area contributed by atoms with Crippen molar-refractivity contribution in [3.63, 3.8) is 0 Å². The average Bonchev–Trinajstić information content (AvgIpc) is 2.39. The van der Waals surface area contributed by atoms with Crippen LogP contribution in [-0.2, 0) is 15.8 Å². The van der Waals surface area contributed by atoms with Gasteiger partial charge in [-0.25, -0.2) is 13.4 Å². The van der Waals surface area contributed by atoms with Crippen LogP contribution in [0.15, 0.2) is 48.7 Å². The highest BCUT2D eigenvalue weighted by molar-refractivity contribution is 7.91. The summed E-state index contributed by atoms with van der Waals surface area (Å²) in [5.74, 6) is 0.0881. The molecule has 0 saturated carbocycles. The second-order valence-corrected chi connectivity index (χ2v) is 5.61. The van der Waals surface area contributed by atoms with Crippen molar-refractivity contribution < 1.29 is 8.42 Å². The van der Waals surface area contributed by atoms with Crippen LogP contribution in [0.2, 0.25) is 0 Å². The molecule has 2 aromatic rings. The largest absolute Gasteiger partial charge is 0.267 e. The number of pyridine rings is 1. The maximum atomic E-state index is 11.9. The predicted molar refractivity (Wildman–Crippen MR) is 71.6 cm³/mol. The van der Waals surface area contributed by atoms with Crippen LogP contribution in [0, 0.1) is 11.3 Å². The topological polar surface area (TPSA) is 82.9 Å². The lowest BCUT2D eigenvalue weighted by Crippen LogP contribution is -2.15. The molecular weight excluding hydrogens is 262 g/mol. The summed E-state index contributed by atoms with van der Waals surface area (Å²) in [5.41, 5.74) is 1.08. The van der Waals surface area contributed by atoms with Crippen molar-refractivity contribution in [2.45, 2.75) is 5.75 Å². The highest BCUT2D eigenvalue weighted by Crippen LogP contribution is 2.10. The molecule has 2 rings (SSSR count). The van der Waals surface area contributed by atoms with E-state index in [1.54, 1.807) is 24.3 Å². The van der Waals surface area contributed by atoms with Gasteiger partial charge in [0.2, 0.25) is 10.0 Å². The van der Waals surface area contributed by atoms with E-state index in [2.05, 4.69) is 9.71 Å². The summed E-state index contributed by atoms with van der Waals surface area (Å²) in [6, 6.07) is 13.8. The molecule has 1 N–H and O–H groups in total. The van der Waals surface area contributed by atoms with E-state index in [-0.39, 0.29) is 11.6 Å². The molecule has 0 unspecified atom stereocenters. The predicted octanol–water partition coefficient (Wildman–Crippen LogP) is 1.90. The van der Waals surface area contributed by atoms with Crippen LogP contribution in [0.5, 0.6) is 0 Å². The number of hydrogen-bond acceptors (Lipinski definition) is 4. The molecule has 19 heavy (non-hydrogen) atoms.